The average Bonchev–Trinajstić information content (AvgIpc) is 3.33. The molecule has 176 valence electrons. The Balaban J connectivity index is 1.68. The molecule has 0 fully saturated rings. The third kappa shape index (κ3) is 4.21. The van der Waals surface area contributed by atoms with Gasteiger partial charge in [-0.05, 0) is 68.1 Å². The highest BCUT2D eigenvalue weighted by molar-refractivity contribution is 6.31. The molecule has 1 aromatic heterocycles. The highest BCUT2D eigenvalue weighted by atomic mass is 35.5. The Bertz CT molecular complexity index is 1460. The molecule has 0 saturated heterocycles. The number of aryl methyl sites for hydroxylation is 3. The quantitative estimate of drug-likeness (QED) is 0.338. The topological polar surface area (TPSA) is 71.3 Å². The van der Waals surface area contributed by atoms with Gasteiger partial charge in [-0.3, -0.25) is 4.90 Å². The van der Waals surface area contributed by atoms with E-state index in [-0.39, 0.29) is 6.03 Å². The lowest BCUT2D eigenvalue weighted by Gasteiger charge is -2.35. The van der Waals surface area contributed by atoms with E-state index in [4.69, 9.17) is 21.1 Å². The number of anilines is 1. The van der Waals surface area contributed by atoms with Crippen molar-refractivity contribution in [2.24, 2.45) is 0 Å². The van der Waals surface area contributed by atoms with Crippen molar-refractivity contribution in [1.29, 1.82) is 0 Å². The lowest BCUT2D eigenvalue weighted by atomic mass is 9.92. The summed E-state index contributed by atoms with van der Waals surface area (Å²) >= 11 is 6.24. The van der Waals surface area contributed by atoms with Crippen LogP contribution in [0.25, 0.3) is 17.0 Å². The van der Waals surface area contributed by atoms with Gasteiger partial charge in [0.1, 0.15) is 0 Å². The summed E-state index contributed by atoms with van der Waals surface area (Å²) in [5.41, 5.74) is 7.17. The number of hydrogen-bond donors (Lipinski definition) is 1. The van der Waals surface area contributed by atoms with Gasteiger partial charge in [0.15, 0.2) is 0 Å². The van der Waals surface area contributed by atoms with E-state index in [0.717, 1.165) is 27.8 Å². The summed E-state index contributed by atoms with van der Waals surface area (Å²) in [4.78, 5) is 19.8. The largest absolute Gasteiger partial charge is 0.334 e. The van der Waals surface area contributed by atoms with Crippen LogP contribution in [0.1, 0.15) is 41.1 Å². The Kier molecular flexibility index (Phi) is 5.91. The summed E-state index contributed by atoms with van der Waals surface area (Å²) in [5, 5.41) is 8.03. The summed E-state index contributed by atoms with van der Waals surface area (Å²) in [7, 11) is 0. The van der Waals surface area contributed by atoms with Gasteiger partial charge in [0.2, 0.25) is 5.82 Å². The highest BCUT2D eigenvalue weighted by Gasteiger charge is 2.36. The van der Waals surface area contributed by atoms with Crippen LogP contribution in [0.3, 0.4) is 0 Å². The van der Waals surface area contributed by atoms with E-state index in [1.807, 2.05) is 62.4 Å². The number of carbonyl (C=O) groups excluding carboxylic acids is 1. The van der Waals surface area contributed by atoms with Crippen molar-refractivity contribution in [3.8, 4) is 11.4 Å². The first kappa shape index (κ1) is 22.9. The zero-order chi connectivity index (χ0) is 24.7. The molecule has 1 N–H and O–H groups in total. The number of rotatable bonds is 4. The number of carbonyl (C=O) groups is 1. The zero-order valence-corrected chi connectivity index (χ0v) is 20.7. The van der Waals surface area contributed by atoms with Crippen LogP contribution in [-0.2, 0) is 0 Å². The van der Waals surface area contributed by atoms with Crippen molar-refractivity contribution in [1.82, 2.24) is 15.5 Å². The molecule has 0 saturated carbocycles. The SMILES string of the molecule is CC1=C(c2nc(-c3ccccc3)no2)C(c2ccc(C)c(C)c2)NC(=O)N1c1ccc(Cl)c(C)c1. The summed E-state index contributed by atoms with van der Waals surface area (Å²) in [6.45, 7) is 7.94. The summed E-state index contributed by atoms with van der Waals surface area (Å²) < 4.78 is 5.78. The number of benzene rings is 3. The molecule has 2 heterocycles. The fourth-order valence-corrected chi connectivity index (χ4v) is 4.45. The predicted molar refractivity (Wildman–Crippen MR) is 138 cm³/mol. The number of halogens is 1. The number of hydrogen-bond acceptors (Lipinski definition) is 4. The van der Waals surface area contributed by atoms with Crippen LogP contribution in [0.5, 0.6) is 0 Å². The molecular weight excluding hydrogens is 460 g/mol. The number of aromatic nitrogens is 2. The van der Waals surface area contributed by atoms with Crippen LogP contribution >= 0.6 is 11.6 Å². The first-order chi connectivity index (χ1) is 16.8. The third-order valence-corrected chi connectivity index (χ3v) is 6.86. The molecule has 2 amide bonds. The van der Waals surface area contributed by atoms with Crippen molar-refractivity contribution in [2.45, 2.75) is 33.7 Å². The zero-order valence-electron chi connectivity index (χ0n) is 20.0. The summed E-state index contributed by atoms with van der Waals surface area (Å²) in [6, 6.07) is 20.7. The van der Waals surface area contributed by atoms with Crippen LogP contribution < -0.4 is 10.2 Å². The normalized spacial score (nSPS) is 16.0. The first-order valence-electron chi connectivity index (χ1n) is 11.4. The van der Waals surface area contributed by atoms with Crippen molar-refractivity contribution in [3.63, 3.8) is 0 Å². The van der Waals surface area contributed by atoms with E-state index in [1.165, 1.54) is 5.56 Å². The van der Waals surface area contributed by atoms with Crippen molar-refractivity contribution in [3.05, 3.63) is 106 Å². The Labute approximate surface area is 209 Å². The van der Waals surface area contributed by atoms with Gasteiger partial charge in [0, 0.05) is 16.3 Å². The lowest BCUT2D eigenvalue weighted by molar-refractivity contribution is 0.244. The Morgan fingerprint density at radius 1 is 0.914 bits per heavy atom. The summed E-state index contributed by atoms with van der Waals surface area (Å²) in [5.74, 6) is 0.853. The lowest BCUT2D eigenvalue weighted by Crippen LogP contribution is -2.46. The van der Waals surface area contributed by atoms with Gasteiger partial charge in [0.25, 0.3) is 5.89 Å². The van der Waals surface area contributed by atoms with Crippen LogP contribution in [0, 0.1) is 20.8 Å². The molecular formula is C28H25ClN4O2. The Morgan fingerprint density at radius 3 is 2.40 bits per heavy atom. The van der Waals surface area contributed by atoms with Gasteiger partial charge < -0.3 is 9.84 Å². The standard InChI is InChI=1S/C28H25ClN4O2/c1-16-10-11-21(14-17(16)2)25-24(27-31-26(32-35-27)20-8-6-5-7-9-20)19(4)33(28(34)30-25)22-12-13-23(29)18(3)15-22/h5-15,25H,1-4H3,(H,30,34). The maximum Gasteiger partial charge on any atom is 0.326 e. The second-order valence-corrected chi connectivity index (χ2v) is 9.19. The molecule has 0 aliphatic carbocycles. The van der Waals surface area contributed by atoms with E-state index in [1.54, 1.807) is 11.0 Å². The van der Waals surface area contributed by atoms with Crippen molar-refractivity contribution >= 4 is 28.9 Å². The Morgan fingerprint density at radius 2 is 1.69 bits per heavy atom. The van der Waals surface area contributed by atoms with Gasteiger partial charge in [0.05, 0.1) is 17.3 Å². The minimum Gasteiger partial charge on any atom is -0.334 e. The van der Waals surface area contributed by atoms with E-state index in [9.17, 15) is 4.79 Å². The molecule has 1 atom stereocenters. The van der Waals surface area contributed by atoms with E-state index >= 15 is 0 Å². The van der Waals surface area contributed by atoms with Crippen LogP contribution in [0.2, 0.25) is 5.02 Å². The molecule has 1 aliphatic heterocycles. The van der Waals surface area contributed by atoms with Gasteiger partial charge in [-0.15, -0.1) is 0 Å². The molecule has 4 aromatic rings. The van der Waals surface area contributed by atoms with Crippen LogP contribution in [0.15, 0.2) is 77.0 Å². The fourth-order valence-electron chi connectivity index (χ4n) is 4.33. The van der Waals surface area contributed by atoms with Crippen molar-refractivity contribution < 1.29 is 9.32 Å². The molecule has 0 bridgehead atoms. The number of amides is 2. The molecule has 6 nitrogen and oxygen atoms in total. The van der Waals surface area contributed by atoms with E-state index in [0.29, 0.717) is 28.1 Å². The van der Waals surface area contributed by atoms with Gasteiger partial charge >= 0.3 is 6.03 Å². The average molecular weight is 485 g/mol. The Hall–Kier alpha value is -3.90. The fraction of sp³-hybridized carbons (Fsp3) is 0.179. The second kappa shape index (κ2) is 9.04. The van der Waals surface area contributed by atoms with Gasteiger partial charge in [-0.25, -0.2) is 4.79 Å². The molecule has 1 aliphatic rings. The first-order valence-corrected chi connectivity index (χ1v) is 11.8. The number of allylic oxidation sites excluding steroid dienone is 1. The monoisotopic (exact) mass is 484 g/mol. The number of urea groups is 1. The molecule has 7 heteroatoms. The van der Waals surface area contributed by atoms with Crippen LogP contribution in [-0.4, -0.2) is 16.2 Å². The molecule has 0 spiro atoms. The molecule has 3 aromatic carbocycles. The van der Waals surface area contributed by atoms with Gasteiger partial charge in [-0.2, -0.15) is 4.98 Å². The number of nitrogens with one attached hydrogen (secondary N) is 1. The maximum atomic E-state index is 13.4. The summed E-state index contributed by atoms with van der Waals surface area (Å²) in [6.07, 6.45) is 0. The van der Waals surface area contributed by atoms with Crippen molar-refractivity contribution in [2.75, 3.05) is 4.90 Å². The van der Waals surface area contributed by atoms with E-state index < -0.39 is 6.04 Å². The molecule has 35 heavy (non-hydrogen) atoms. The van der Waals surface area contributed by atoms with Gasteiger partial charge in [-0.1, -0.05) is 65.3 Å². The third-order valence-electron chi connectivity index (χ3n) is 6.44. The molecule has 1 unspecified atom stereocenters. The molecule has 5 rings (SSSR count). The highest BCUT2D eigenvalue weighted by Crippen LogP contribution is 2.40. The number of nitrogens with zero attached hydrogens (tertiary/aromatic N) is 3. The van der Waals surface area contributed by atoms with E-state index in [2.05, 4.69) is 36.5 Å². The minimum absolute atomic E-state index is 0.237. The minimum atomic E-state index is -0.449. The molecule has 0 radical (unpaired) electrons. The smallest absolute Gasteiger partial charge is 0.326 e. The second-order valence-electron chi connectivity index (χ2n) is 8.78. The van der Waals surface area contributed by atoms with Crippen LogP contribution in [0.4, 0.5) is 10.5 Å². The maximum absolute atomic E-state index is 13.4. The predicted octanol–water partition coefficient (Wildman–Crippen LogP) is 7.02.